The number of rotatable bonds is 6. The molecular weight excluding hydrogens is 370 g/mol. The Morgan fingerprint density at radius 1 is 1.00 bits per heavy atom. The molecule has 1 saturated carbocycles. The van der Waals surface area contributed by atoms with Gasteiger partial charge in [0.2, 0.25) is 0 Å². The minimum Gasteiger partial charge on any atom is -0.497 e. The summed E-state index contributed by atoms with van der Waals surface area (Å²) in [6, 6.07) is 11.4. The van der Waals surface area contributed by atoms with E-state index in [-0.39, 0.29) is 12.7 Å². The predicted molar refractivity (Wildman–Crippen MR) is 108 cm³/mol. The Kier molecular flexibility index (Phi) is 5.24. The highest BCUT2D eigenvalue weighted by atomic mass is 16.5. The van der Waals surface area contributed by atoms with E-state index in [1.54, 1.807) is 7.11 Å². The summed E-state index contributed by atoms with van der Waals surface area (Å²) in [6.07, 6.45) is 3.56. The minimum absolute atomic E-state index is 0.0906. The largest absolute Gasteiger partial charge is 0.497 e. The van der Waals surface area contributed by atoms with Crippen LogP contribution in [0.5, 0.6) is 5.75 Å². The normalized spacial score (nSPS) is 18.0. The van der Waals surface area contributed by atoms with Crippen LogP contribution < -0.4 is 4.74 Å². The molecule has 0 spiro atoms. The maximum atomic E-state index is 12.7. The number of nitrogens with zero attached hydrogens (tertiary/aromatic N) is 3. The average molecular weight is 395 g/mol. The van der Waals surface area contributed by atoms with Gasteiger partial charge in [-0.1, -0.05) is 31.0 Å². The second kappa shape index (κ2) is 7.83. The fourth-order valence-corrected chi connectivity index (χ4v) is 4.23. The van der Waals surface area contributed by atoms with E-state index in [0.29, 0.717) is 6.54 Å². The molecule has 1 aliphatic carbocycles. The Hall–Kier alpha value is -2.93. The van der Waals surface area contributed by atoms with Gasteiger partial charge >= 0.3 is 17.8 Å². The smallest absolute Gasteiger partial charge is 0.335 e. The van der Waals surface area contributed by atoms with E-state index in [4.69, 9.17) is 4.74 Å². The molecule has 2 fully saturated rings. The number of benzene rings is 2. The minimum atomic E-state index is -0.723. The summed E-state index contributed by atoms with van der Waals surface area (Å²) in [5.74, 6) is -0.598. The lowest BCUT2D eigenvalue weighted by atomic mass is 10.1. The van der Waals surface area contributed by atoms with Crippen LogP contribution in [0.15, 0.2) is 36.4 Å². The van der Waals surface area contributed by atoms with Gasteiger partial charge in [-0.2, -0.15) is 0 Å². The molecule has 7 heteroatoms. The maximum Gasteiger partial charge on any atom is 0.335 e. The third-order valence-corrected chi connectivity index (χ3v) is 5.72. The molecule has 29 heavy (non-hydrogen) atoms. The summed E-state index contributed by atoms with van der Waals surface area (Å²) in [5.41, 5.74) is 1.06. The molecule has 1 aliphatic heterocycles. The topological polar surface area (TPSA) is 70.2 Å². The van der Waals surface area contributed by atoms with Crippen LogP contribution in [0.1, 0.15) is 31.2 Å². The van der Waals surface area contributed by atoms with Gasteiger partial charge in [0.25, 0.3) is 0 Å². The summed E-state index contributed by atoms with van der Waals surface area (Å²) < 4.78 is 5.26. The Bertz CT molecular complexity index is 968. The van der Waals surface area contributed by atoms with E-state index in [1.807, 2.05) is 42.3 Å². The molecule has 2 aromatic carbocycles. The first kappa shape index (κ1) is 19.4. The molecule has 0 radical (unpaired) electrons. The van der Waals surface area contributed by atoms with Crippen LogP contribution in [0.3, 0.4) is 0 Å². The van der Waals surface area contributed by atoms with Crippen molar-refractivity contribution >= 4 is 28.6 Å². The maximum absolute atomic E-state index is 12.7. The zero-order chi connectivity index (χ0) is 20.5. The summed E-state index contributed by atoms with van der Waals surface area (Å²) in [4.78, 5) is 41.5. The number of hydrogen-bond acceptors (Lipinski definition) is 5. The van der Waals surface area contributed by atoms with Crippen LogP contribution in [0.25, 0.3) is 10.8 Å². The molecule has 1 heterocycles. The number of urea groups is 1. The highest BCUT2D eigenvalue weighted by molar-refractivity contribution is 6.44. The first-order chi connectivity index (χ1) is 14.0. The van der Waals surface area contributed by atoms with Gasteiger partial charge in [-0.3, -0.25) is 19.4 Å². The quantitative estimate of drug-likeness (QED) is 0.556. The number of carbonyl (C=O) groups excluding carboxylic acids is 3. The van der Waals surface area contributed by atoms with E-state index in [0.717, 1.165) is 52.7 Å². The molecule has 4 rings (SSSR count). The number of imide groups is 2. The van der Waals surface area contributed by atoms with Crippen molar-refractivity contribution in [3.8, 4) is 5.75 Å². The van der Waals surface area contributed by atoms with Crippen molar-refractivity contribution in [3.05, 3.63) is 42.0 Å². The zero-order valence-electron chi connectivity index (χ0n) is 16.8. The van der Waals surface area contributed by atoms with Gasteiger partial charge in [-0.15, -0.1) is 0 Å². The van der Waals surface area contributed by atoms with Gasteiger partial charge in [-0.05, 0) is 54.4 Å². The lowest BCUT2D eigenvalue weighted by Gasteiger charge is -2.24. The third kappa shape index (κ3) is 3.70. The standard InChI is InChI=1S/C22H25N3O4/c1-23(13-15-7-8-17-12-19(29-2)10-9-16(17)11-15)14-24-20(26)21(27)25(22(24)28)18-5-3-4-6-18/h7-12,18H,3-6,13-14H2,1-2H3. The number of ether oxygens (including phenoxy) is 1. The Morgan fingerprint density at radius 3 is 2.41 bits per heavy atom. The van der Waals surface area contributed by atoms with Crippen molar-refractivity contribution in [2.45, 2.75) is 38.3 Å². The third-order valence-electron chi connectivity index (χ3n) is 5.72. The molecule has 7 nitrogen and oxygen atoms in total. The monoisotopic (exact) mass is 395 g/mol. The number of carbonyl (C=O) groups is 3. The van der Waals surface area contributed by atoms with Gasteiger partial charge < -0.3 is 4.74 Å². The number of amides is 4. The summed E-state index contributed by atoms with van der Waals surface area (Å²) in [6.45, 7) is 0.643. The first-order valence-corrected chi connectivity index (χ1v) is 9.92. The average Bonchev–Trinajstić information content (AvgIpc) is 3.31. The van der Waals surface area contributed by atoms with E-state index < -0.39 is 17.8 Å². The number of methoxy groups -OCH3 is 1. The van der Waals surface area contributed by atoms with Gasteiger partial charge in [0, 0.05) is 12.6 Å². The molecule has 0 atom stereocenters. The second-order valence-corrected chi connectivity index (χ2v) is 7.83. The van der Waals surface area contributed by atoms with E-state index >= 15 is 0 Å². The molecule has 0 aromatic heterocycles. The van der Waals surface area contributed by atoms with Gasteiger partial charge in [-0.25, -0.2) is 9.69 Å². The van der Waals surface area contributed by atoms with Crippen molar-refractivity contribution in [2.75, 3.05) is 20.8 Å². The van der Waals surface area contributed by atoms with E-state index in [2.05, 4.69) is 6.07 Å². The molecule has 1 saturated heterocycles. The Balaban J connectivity index is 1.44. The van der Waals surface area contributed by atoms with Crippen molar-refractivity contribution in [3.63, 3.8) is 0 Å². The van der Waals surface area contributed by atoms with Gasteiger partial charge in [0.15, 0.2) is 0 Å². The number of fused-ring (bicyclic) bond motifs is 1. The van der Waals surface area contributed by atoms with Crippen LogP contribution in [-0.2, 0) is 16.1 Å². The zero-order valence-corrected chi connectivity index (χ0v) is 16.8. The SMILES string of the molecule is COc1ccc2cc(CN(C)CN3C(=O)C(=O)N(C4CCCC4)C3=O)ccc2c1. The summed E-state index contributed by atoms with van der Waals surface area (Å²) in [7, 11) is 3.48. The van der Waals surface area contributed by atoms with Crippen LogP contribution in [-0.4, -0.2) is 59.4 Å². The molecular formula is C22H25N3O4. The highest BCUT2D eigenvalue weighted by Gasteiger charge is 2.48. The second-order valence-electron chi connectivity index (χ2n) is 7.83. The van der Waals surface area contributed by atoms with Crippen molar-refractivity contribution in [2.24, 2.45) is 0 Å². The van der Waals surface area contributed by atoms with E-state index in [9.17, 15) is 14.4 Å². The van der Waals surface area contributed by atoms with E-state index in [1.165, 1.54) is 4.90 Å². The number of hydrogen-bond donors (Lipinski definition) is 0. The fourth-order valence-electron chi connectivity index (χ4n) is 4.23. The van der Waals surface area contributed by atoms with Crippen LogP contribution in [0.2, 0.25) is 0 Å². The van der Waals surface area contributed by atoms with Crippen LogP contribution in [0, 0.1) is 0 Å². The predicted octanol–water partition coefficient (Wildman–Crippen LogP) is 2.97. The van der Waals surface area contributed by atoms with Crippen molar-refractivity contribution in [1.29, 1.82) is 0 Å². The fraction of sp³-hybridized carbons (Fsp3) is 0.409. The summed E-state index contributed by atoms with van der Waals surface area (Å²) in [5, 5.41) is 2.17. The Morgan fingerprint density at radius 2 is 1.69 bits per heavy atom. The van der Waals surface area contributed by atoms with Crippen molar-refractivity contribution < 1.29 is 19.1 Å². The Labute approximate surface area is 169 Å². The molecule has 4 amide bonds. The van der Waals surface area contributed by atoms with Crippen LogP contribution in [0.4, 0.5) is 4.79 Å². The van der Waals surface area contributed by atoms with Gasteiger partial charge in [0.1, 0.15) is 5.75 Å². The molecule has 0 bridgehead atoms. The van der Waals surface area contributed by atoms with Crippen molar-refractivity contribution in [1.82, 2.24) is 14.7 Å². The molecule has 0 N–H and O–H groups in total. The summed E-state index contributed by atoms with van der Waals surface area (Å²) >= 11 is 0. The van der Waals surface area contributed by atoms with Gasteiger partial charge in [0.05, 0.1) is 13.8 Å². The van der Waals surface area contributed by atoms with Crippen LogP contribution >= 0.6 is 0 Å². The lowest BCUT2D eigenvalue weighted by molar-refractivity contribution is -0.144. The molecule has 0 unspecified atom stereocenters. The molecule has 2 aromatic rings. The lowest BCUT2D eigenvalue weighted by Crippen LogP contribution is -2.42. The molecule has 2 aliphatic rings. The highest BCUT2D eigenvalue weighted by Crippen LogP contribution is 2.28. The molecule has 152 valence electrons. The first-order valence-electron chi connectivity index (χ1n) is 9.92.